The minimum Gasteiger partial charge on any atom is -0.396 e. The second-order valence-electron chi connectivity index (χ2n) is 4.15. The topological polar surface area (TPSA) is 40.5 Å². The van der Waals surface area contributed by atoms with Gasteiger partial charge in [0, 0.05) is 6.61 Å². The molecule has 2 N–H and O–H groups in total. The molecular weight excluding hydrogens is 176 g/mol. The summed E-state index contributed by atoms with van der Waals surface area (Å²) >= 11 is 0. The molecule has 14 heavy (non-hydrogen) atoms. The van der Waals surface area contributed by atoms with Gasteiger partial charge in [0.05, 0.1) is 6.10 Å². The van der Waals surface area contributed by atoms with Gasteiger partial charge in [0.25, 0.3) is 0 Å². The molecule has 2 heteroatoms. The van der Waals surface area contributed by atoms with Crippen molar-refractivity contribution in [2.75, 3.05) is 6.61 Å². The van der Waals surface area contributed by atoms with Gasteiger partial charge in [0.15, 0.2) is 0 Å². The number of aliphatic hydroxyl groups is 2. The Bertz CT molecular complexity index is 333. The van der Waals surface area contributed by atoms with Crippen LogP contribution in [0.3, 0.4) is 0 Å². The van der Waals surface area contributed by atoms with Crippen molar-refractivity contribution in [2.24, 2.45) is 5.92 Å². The van der Waals surface area contributed by atoms with Gasteiger partial charge in [-0.25, -0.2) is 0 Å². The van der Waals surface area contributed by atoms with E-state index in [1.165, 1.54) is 11.1 Å². The van der Waals surface area contributed by atoms with Gasteiger partial charge in [-0.15, -0.1) is 0 Å². The molecule has 0 heterocycles. The number of rotatable bonds is 1. The van der Waals surface area contributed by atoms with Crippen molar-refractivity contribution >= 4 is 0 Å². The fourth-order valence-electron chi connectivity index (χ4n) is 2.27. The van der Waals surface area contributed by atoms with E-state index in [-0.39, 0.29) is 12.5 Å². The highest BCUT2D eigenvalue weighted by atomic mass is 16.3. The van der Waals surface area contributed by atoms with Gasteiger partial charge >= 0.3 is 0 Å². The van der Waals surface area contributed by atoms with Crippen LogP contribution in [-0.4, -0.2) is 16.8 Å². The third-order valence-electron chi connectivity index (χ3n) is 3.11. The van der Waals surface area contributed by atoms with Gasteiger partial charge in [-0.1, -0.05) is 18.2 Å². The highest BCUT2D eigenvalue weighted by molar-refractivity contribution is 5.37. The Morgan fingerprint density at radius 1 is 1.43 bits per heavy atom. The molecule has 0 saturated carbocycles. The maximum absolute atomic E-state index is 9.88. The molecule has 0 amide bonds. The second-order valence-corrected chi connectivity index (χ2v) is 4.15. The standard InChI is InChI=1S/C12H16O2/c1-8-3-2-4-10-11(8)5-9(7-13)6-12(10)14/h2-4,9,12-14H,5-7H2,1H3/t9-,12-/m1/s1. The molecule has 0 fully saturated rings. The lowest BCUT2D eigenvalue weighted by atomic mass is 9.80. The highest BCUT2D eigenvalue weighted by Crippen LogP contribution is 2.34. The number of benzene rings is 1. The summed E-state index contributed by atoms with van der Waals surface area (Å²) in [6.45, 7) is 2.23. The van der Waals surface area contributed by atoms with E-state index in [1.807, 2.05) is 12.1 Å². The summed E-state index contributed by atoms with van der Waals surface area (Å²) in [6, 6.07) is 6.03. The second kappa shape index (κ2) is 3.71. The van der Waals surface area contributed by atoms with Crippen molar-refractivity contribution < 1.29 is 10.2 Å². The molecule has 0 aromatic heterocycles. The first-order chi connectivity index (χ1) is 6.72. The van der Waals surface area contributed by atoms with Crippen LogP contribution in [0.25, 0.3) is 0 Å². The van der Waals surface area contributed by atoms with Crippen LogP contribution in [-0.2, 0) is 6.42 Å². The van der Waals surface area contributed by atoms with Crippen LogP contribution in [0.1, 0.15) is 29.2 Å². The van der Waals surface area contributed by atoms with Crippen molar-refractivity contribution in [2.45, 2.75) is 25.9 Å². The van der Waals surface area contributed by atoms with Crippen LogP contribution in [0, 0.1) is 12.8 Å². The van der Waals surface area contributed by atoms with Gasteiger partial charge in [-0.3, -0.25) is 0 Å². The molecule has 76 valence electrons. The number of fused-ring (bicyclic) bond motifs is 1. The van der Waals surface area contributed by atoms with E-state index in [1.54, 1.807) is 0 Å². The van der Waals surface area contributed by atoms with E-state index >= 15 is 0 Å². The predicted molar refractivity (Wildman–Crippen MR) is 55.0 cm³/mol. The lowest BCUT2D eigenvalue weighted by Gasteiger charge is -2.28. The predicted octanol–water partition coefficient (Wildman–Crippen LogP) is 1.58. The Balaban J connectivity index is 2.40. The molecule has 1 aromatic rings. The summed E-state index contributed by atoms with van der Waals surface area (Å²) < 4.78 is 0. The monoisotopic (exact) mass is 192 g/mol. The molecule has 0 radical (unpaired) electrons. The summed E-state index contributed by atoms with van der Waals surface area (Å²) in [5.74, 6) is 0.221. The first-order valence-electron chi connectivity index (χ1n) is 5.09. The molecule has 1 aliphatic carbocycles. The molecule has 0 aliphatic heterocycles. The molecule has 0 unspecified atom stereocenters. The summed E-state index contributed by atoms with van der Waals surface area (Å²) in [6.07, 6.45) is 1.19. The Kier molecular flexibility index (Phi) is 2.57. The van der Waals surface area contributed by atoms with Crippen molar-refractivity contribution in [1.29, 1.82) is 0 Å². The normalized spacial score (nSPS) is 25.9. The molecule has 0 saturated heterocycles. The van der Waals surface area contributed by atoms with Crippen molar-refractivity contribution in [3.63, 3.8) is 0 Å². The van der Waals surface area contributed by atoms with Crippen LogP contribution < -0.4 is 0 Å². The highest BCUT2D eigenvalue weighted by Gasteiger charge is 2.25. The zero-order valence-electron chi connectivity index (χ0n) is 8.40. The largest absolute Gasteiger partial charge is 0.396 e. The zero-order chi connectivity index (χ0) is 10.1. The molecule has 0 spiro atoms. The van der Waals surface area contributed by atoms with Gasteiger partial charge in [-0.05, 0) is 42.4 Å². The quantitative estimate of drug-likeness (QED) is 0.709. The molecule has 2 nitrogen and oxygen atoms in total. The Labute approximate surface area is 84.2 Å². The Hall–Kier alpha value is -0.860. The molecule has 1 aromatic carbocycles. The average molecular weight is 192 g/mol. The van der Waals surface area contributed by atoms with E-state index in [0.717, 1.165) is 12.0 Å². The third-order valence-corrected chi connectivity index (χ3v) is 3.11. The van der Waals surface area contributed by atoms with Gasteiger partial charge in [-0.2, -0.15) is 0 Å². The van der Waals surface area contributed by atoms with E-state index in [2.05, 4.69) is 13.0 Å². The van der Waals surface area contributed by atoms with E-state index < -0.39 is 6.10 Å². The Morgan fingerprint density at radius 2 is 2.21 bits per heavy atom. The lowest BCUT2D eigenvalue weighted by Crippen LogP contribution is -2.21. The maximum Gasteiger partial charge on any atom is 0.0796 e. The number of hydrogen-bond acceptors (Lipinski definition) is 2. The number of hydrogen-bond donors (Lipinski definition) is 2. The summed E-state index contributed by atoms with van der Waals surface area (Å²) in [4.78, 5) is 0. The summed E-state index contributed by atoms with van der Waals surface area (Å²) in [5.41, 5.74) is 3.50. The lowest BCUT2D eigenvalue weighted by molar-refractivity contribution is 0.104. The molecule has 2 rings (SSSR count). The Morgan fingerprint density at radius 3 is 2.93 bits per heavy atom. The van der Waals surface area contributed by atoms with Crippen LogP contribution in [0.15, 0.2) is 18.2 Å². The first kappa shape index (κ1) is 9.69. The number of aryl methyl sites for hydroxylation is 1. The van der Waals surface area contributed by atoms with E-state index in [9.17, 15) is 5.11 Å². The van der Waals surface area contributed by atoms with Crippen LogP contribution >= 0.6 is 0 Å². The van der Waals surface area contributed by atoms with E-state index in [0.29, 0.717) is 6.42 Å². The molecule has 0 bridgehead atoms. The zero-order valence-corrected chi connectivity index (χ0v) is 8.40. The fraction of sp³-hybridized carbons (Fsp3) is 0.500. The minimum atomic E-state index is -0.393. The summed E-state index contributed by atoms with van der Waals surface area (Å²) in [5, 5.41) is 19.0. The van der Waals surface area contributed by atoms with Gasteiger partial charge < -0.3 is 10.2 Å². The summed E-state index contributed by atoms with van der Waals surface area (Å²) in [7, 11) is 0. The average Bonchev–Trinajstić information content (AvgIpc) is 2.19. The van der Waals surface area contributed by atoms with Crippen molar-refractivity contribution in [3.05, 3.63) is 34.9 Å². The van der Waals surface area contributed by atoms with Crippen LogP contribution in [0.4, 0.5) is 0 Å². The maximum atomic E-state index is 9.88. The number of aliphatic hydroxyl groups excluding tert-OH is 2. The first-order valence-corrected chi connectivity index (χ1v) is 5.09. The molecular formula is C12H16O2. The SMILES string of the molecule is Cc1cccc2c1C[C@@H](CO)C[C@H]2O. The van der Waals surface area contributed by atoms with Crippen LogP contribution in [0.5, 0.6) is 0 Å². The van der Waals surface area contributed by atoms with Crippen molar-refractivity contribution in [3.8, 4) is 0 Å². The van der Waals surface area contributed by atoms with E-state index in [4.69, 9.17) is 5.11 Å². The third kappa shape index (κ3) is 1.56. The molecule has 2 atom stereocenters. The minimum absolute atomic E-state index is 0.171. The van der Waals surface area contributed by atoms with Gasteiger partial charge in [0.2, 0.25) is 0 Å². The van der Waals surface area contributed by atoms with Crippen molar-refractivity contribution in [1.82, 2.24) is 0 Å². The van der Waals surface area contributed by atoms with Crippen LogP contribution in [0.2, 0.25) is 0 Å². The molecule has 1 aliphatic rings. The fourth-order valence-corrected chi connectivity index (χ4v) is 2.27. The smallest absolute Gasteiger partial charge is 0.0796 e. The van der Waals surface area contributed by atoms with Gasteiger partial charge in [0.1, 0.15) is 0 Å².